The Morgan fingerprint density at radius 2 is 0.536 bits per heavy atom. The van der Waals surface area contributed by atoms with E-state index in [0.29, 0.717) is 39.5 Å². The molecule has 0 bridgehead atoms. The second-order valence-corrected chi connectivity index (χ2v) is 29.0. The van der Waals surface area contributed by atoms with Gasteiger partial charge in [-0.1, -0.05) is 179 Å². The molecule has 11 aromatic heterocycles. The molecule has 11 heterocycles. The van der Waals surface area contributed by atoms with E-state index in [-0.39, 0.29) is 120 Å². The summed E-state index contributed by atoms with van der Waals surface area (Å²) in [4.78, 5) is 46.9. The molecular formula is C123H105Ir4N11-8. The van der Waals surface area contributed by atoms with E-state index in [1.54, 1.807) is 146 Å². The molecule has 138 heavy (non-hydrogen) atoms. The van der Waals surface area contributed by atoms with E-state index in [1.165, 1.54) is 60.2 Å². The van der Waals surface area contributed by atoms with Gasteiger partial charge in [-0.15, -0.1) is 287 Å². The number of rotatable bonds is 16. The fraction of sp³-hybridized carbons (Fsp3) is 0.114. The number of aromatic nitrogens is 11. The minimum absolute atomic E-state index is 0. The van der Waals surface area contributed by atoms with E-state index in [9.17, 15) is 0 Å². The standard InChI is InChI=1S/C20H19N2.C19H17N2.C18H15N2.C18H14N.4C12H10N.4Ir/c1-15(2)13-18-9-6-10-20(22-18)17-11-12-19(21-14-17)16-7-4-3-5-8-16;1-14(2)17-9-6-10-19(21-17)16-11-12-18(20-13-16)15-7-4-3-5-8-15;1-2-16-9-6-10-18(20-16)15-11-12-17(19-13-15)14-7-4-3-5-8-14;1-14-6-5-9-16(12-14)17-10-11-18(19-13-17)15-7-3-2-4-8-15;4*1-10-7-8-12(13-9-10)11-5-3-2-4-6-11;;;;/h3-7,9-12,14-15H,13H2,1-2H3;3-7,9-14H,1-2H3;3-7,9-13H,2H2,1H3;2-7,9-13H,1H3;4*2-5,7-9H,1H3;;;;/q8*-1;;;;/i1D3,13D2,15D;1D3,2D3,14D;1D3,2D2;;4*1D3;;;;. The van der Waals surface area contributed by atoms with Crippen LogP contribution in [-0.4, -0.2) is 54.8 Å². The van der Waals surface area contributed by atoms with Gasteiger partial charge in [0.2, 0.25) is 0 Å². The molecule has 4 radical (unpaired) electrons. The molecule has 20 rings (SSSR count). The zero-order chi connectivity index (χ0) is 119. The van der Waals surface area contributed by atoms with Crippen LogP contribution in [0.3, 0.4) is 0 Å². The van der Waals surface area contributed by atoms with E-state index in [4.69, 9.17) is 41.1 Å². The molecule has 11 nitrogen and oxygen atoms in total. The van der Waals surface area contributed by atoms with Crippen molar-refractivity contribution in [1.82, 2.24) is 54.8 Å². The molecule has 696 valence electrons. The van der Waals surface area contributed by atoms with Crippen LogP contribution in [0.5, 0.6) is 0 Å². The van der Waals surface area contributed by atoms with Crippen molar-refractivity contribution in [3.05, 3.63) is 513 Å². The maximum Gasteiger partial charge on any atom is 0.0720 e. The van der Waals surface area contributed by atoms with Crippen molar-refractivity contribution in [3.63, 3.8) is 0 Å². The average Bonchev–Trinajstić information content (AvgIpc) is 0.739. The molecule has 0 aliphatic heterocycles. The first-order valence-corrected chi connectivity index (χ1v) is 42.0. The van der Waals surface area contributed by atoms with Crippen molar-refractivity contribution in [2.45, 2.75) is 87.3 Å². The maximum absolute atomic E-state index is 8.27. The van der Waals surface area contributed by atoms with Crippen LogP contribution in [0.15, 0.2) is 420 Å². The Labute approximate surface area is 911 Å². The molecule has 0 saturated carbocycles. The summed E-state index contributed by atoms with van der Waals surface area (Å²) in [5, 5.41) is 0. The van der Waals surface area contributed by atoms with Crippen LogP contribution in [0.25, 0.3) is 135 Å². The molecule has 15 heteroatoms. The van der Waals surface area contributed by atoms with Gasteiger partial charge in [0.25, 0.3) is 0 Å². The quantitative estimate of drug-likeness (QED) is 0.0853. The van der Waals surface area contributed by atoms with Crippen LogP contribution in [0, 0.1) is 88.8 Å². The first-order valence-electron chi connectivity index (χ1n) is 57.0. The van der Waals surface area contributed by atoms with E-state index in [0.717, 1.165) is 96.9 Å². The van der Waals surface area contributed by atoms with Crippen LogP contribution >= 0.6 is 0 Å². The van der Waals surface area contributed by atoms with Crippen molar-refractivity contribution in [2.75, 3.05) is 0 Å². The molecule has 20 aromatic rings. The van der Waals surface area contributed by atoms with Gasteiger partial charge in [-0.3, -0.25) is 15.0 Å². The predicted molar refractivity (Wildman–Crippen MR) is 549 cm³/mol. The summed E-state index contributed by atoms with van der Waals surface area (Å²) in [7, 11) is 0. The first kappa shape index (κ1) is 71.7. The van der Waals surface area contributed by atoms with Crippen molar-refractivity contribution in [3.8, 4) is 135 Å². The molecule has 0 aliphatic carbocycles. The molecular weight excluding hydrogens is 2400 g/mol. The van der Waals surface area contributed by atoms with Crippen molar-refractivity contribution in [2.24, 2.45) is 5.89 Å². The third-order valence-corrected chi connectivity index (χ3v) is 19.2. The molecule has 0 N–H and O–H groups in total. The Balaban J connectivity index is 0.000000212. The molecule has 1 unspecified atom stereocenters. The van der Waals surface area contributed by atoms with Crippen LogP contribution in [-0.2, 0) is 93.2 Å². The number of nitrogens with zero attached hydrogens (tertiary/aromatic N) is 11. The van der Waals surface area contributed by atoms with Gasteiger partial charge >= 0.3 is 0 Å². The topological polar surface area (TPSA) is 142 Å². The zero-order valence-electron chi connectivity index (χ0n) is 104. The van der Waals surface area contributed by atoms with E-state index >= 15 is 0 Å². The Kier molecular flexibility index (Phi) is 30.1. The van der Waals surface area contributed by atoms with Gasteiger partial charge < -0.3 is 39.9 Å². The summed E-state index contributed by atoms with van der Waals surface area (Å²) in [5.41, 5.74) is 20.4. The van der Waals surface area contributed by atoms with Gasteiger partial charge in [0.1, 0.15) is 0 Å². The first-order chi connectivity index (χ1) is 77.5. The second kappa shape index (κ2) is 58.0. The monoisotopic (exact) mass is 2540 g/mol. The van der Waals surface area contributed by atoms with Gasteiger partial charge in [0.15, 0.2) is 0 Å². The van der Waals surface area contributed by atoms with Crippen molar-refractivity contribution < 1.29 is 122 Å². The van der Waals surface area contributed by atoms with Gasteiger partial charge in [0, 0.05) is 205 Å². The normalized spacial score (nSPS) is 14.7. The fourth-order valence-corrected chi connectivity index (χ4v) is 12.6. The number of pyridine rings is 11. The van der Waals surface area contributed by atoms with E-state index < -0.39 is 79.3 Å². The summed E-state index contributed by atoms with van der Waals surface area (Å²) in [6.45, 7) is -16.9. The van der Waals surface area contributed by atoms with Gasteiger partial charge in [0.05, 0.1) is 17.1 Å². The maximum atomic E-state index is 8.27. The molecule has 0 aliphatic rings. The second-order valence-electron chi connectivity index (χ2n) is 29.0. The zero-order valence-corrected chi connectivity index (χ0v) is 83.7. The Bertz CT molecular complexity index is 7770. The van der Waals surface area contributed by atoms with Gasteiger partial charge in [-0.05, 0) is 174 Å². The van der Waals surface area contributed by atoms with Crippen LogP contribution in [0.2, 0.25) is 0 Å². The Morgan fingerprint density at radius 3 is 0.797 bits per heavy atom. The number of hydrogen-bond donors (Lipinski definition) is 0. The fourth-order valence-electron chi connectivity index (χ4n) is 12.6. The van der Waals surface area contributed by atoms with E-state index in [1.807, 2.05) is 194 Å². The minimum Gasteiger partial charge on any atom is -0.304 e. The van der Waals surface area contributed by atoms with Crippen LogP contribution in [0.4, 0.5) is 0 Å². The summed E-state index contributed by atoms with van der Waals surface area (Å²) >= 11 is 0. The molecule has 0 saturated heterocycles. The van der Waals surface area contributed by atoms with Crippen LogP contribution < -0.4 is 0 Å². The smallest absolute Gasteiger partial charge is 0.0720 e. The summed E-state index contributed by atoms with van der Waals surface area (Å²) < 4.78 is 226. The molecule has 0 amide bonds. The van der Waals surface area contributed by atoms with Crippen LogP contribution in [0.1, 0.15) is 126 Å². The molecule has 0 fully saturated rings. The molecule has 9 aromatic carbocycles. The largest absolute Gasteiger partial charge is 0.304 e. The summed E-state index contributed by atoms with van der Waals surface area (Å²) in [6, 6.07) is 135. The molecule has 0 spiro atoms. The third-order valence-electron chi connectivity index (χ3n) is 19.2. The van der Waals surface area contributed by atoms with E-state index in [2.05, 4.69) is 141 Å². The third kappa shape index (κ3) is 34.5. The van der Waals surface area contributed by atoms with Gasteiger partial charge in [-0.2, -0.15) is 0 Å². The average molecular weight is 2540 g/mol. The minimum atomic E-state index is -3.07. The predicted octanol–water partition coefficient (Wildman–Crippen LogP) is 29.7. The van der Waals surface area contributed by atoms with Gasteiger partial charge in [-0.25, -0.2) is 0 Å². The summed E-state index contributed by atoms with van der Waals surface area (Å²) in [6.07, 6.45) is 7.33. The summed E-state index contributed by atoms with van der Waals surface area (Å²) in [5.74, 6) is -5.18. The van der Waals surface area contributed by atoms with Crippen molar-refractivity contribution in [1.29, 1.82) is 0 Å². The number of hydrogen-bond acceptors (Lipinski definition) is 11. The molecule has 1 atom stereocenters. The SMILES string of the molecule is Cc1cccc(-c2ccc(-c3[c-]cccc3)nc2)c1.[2H]C([2H])([2H])C([2H])(C)C([2H])([2H])c1cccc(-c2ccc(-c3[c-]cccc3)nc2)n1.[2H]C([2H])([2H])C([2H])([2H])c1cccc(-c2ccc(-c3[c-]cccc3)nc2)n1.[2H]C([2H])([2H])C([2H])(c1cccc(-c2ccc(-c3[c-]cccc3)nc2)n1)C([2H])([2H])[2H].[2H]C([2H])([2H])c1ccc(-c2[c-]cccc2)nc1.[2H]C([2H])([2H])c1ccc(-c2[c-]cccc2)nc1.[2H]C([2H])([2H])c1ccc(-c2[c-]cccc2)nc1.[2H]C([2H])([2H])c1ccc(-c2[c-]cccc2)nc1.[Ir].[Ir].[Ir].[Ir]. The Hall–Kier alpha value is -13.8. The Morgan fingerprint density at radius 1 is 0.254 bits per heavy atom. The number of benzene rings is 9. The number of aryl methyl sites for hydroxylation is 6. The van der Waals surface area contributed by atoms with Crippen molar-refractivity contribution >= 4 is 0 Å².